The van der Waals surface area contributed by atoms with Gasteiger partial charge in [-0.2, -0.15) is 0 Å². The maximum absolute atomic E-state index is 16.3. The van der Waals surface area contributed by atoms with E-state index in [1.54, 1.807) is 36.4 Å². The number of alkyl halides is 1. The first-order valence-electron chi connectivity index (χ1n) is 7.81. The number of allylic oxidation sites excluding steroid dienone is 1. The summed E-state index contributed by atoms with van der Waals surface area (Å²) >= 11 is 0. The van der Waals surface area contributed by atoms with Gasteiger partial charge in [-0.3, -0.25) is 14.5 Å². The molecule has 1 aliphatic heterocycles. The largest absolute Gasteiger partial charge is 0.326 e. The van der Waals surface area contributed by atoms with Gasteiger partial charge < -0.3 is 4.90 Å². The topological polar surface area (TPSA) is 57.7 Å². The van der Waals surface area contributed by atoms with Crippen molar-refractivity contribution in [3.8, 4) is 0 Å². The fourth-order valence-electron chi connectivity index (χ4n) is 4.72. The summed E-state index contributed by atoms with van der Waals surface area (Å²) in [6.45, 7) is 1.38. The van der Waals surface area contributed by atoms with Crippen molar-refractivity contribution in [3.63, 3.8) is 0 Å². The smallest absolute Gasteiger partial charge is 0.319 e. The van der Waals surface area contributed by atoms with Gasteiger partial charge in [-0.1, -0.05) is 36.4 Å². The molecule has 24 heavy (non-hydrogen) atoms. The van der Waals surface area contributed by atoms with Gasteiger partial charge in [0.05, 0.1) is 11.5 Å². The highest BCUT2D eigenvalue weighted by Crippen LogP contribution is 2.59. The number of halogens is 1. The van der Waals surface area contributed by atoms with Crippen LogP contribution in [-0.4, -0.2) is 53.3 Å². The van der Waals surface area contributed by atoms with Gasteiger partial charge in [0.15, 0.2) is 0 Å². The summed E-state index contributed by atoms with van der Waals surface area (Å²) in [5, 5.41) is 0. The summed E-state index contributed by atoms with van der Waals surface area (Å²) in [6.07, 6.45) is 3.28. The predicted molar refractivity (Wildman–Crippen MR) is 84.2 cm³/mol. The normalized spacial score (nSPS) is 36.7. The van der Waals surface area contributed by atoms with E-state index in [1.807, 2.05) is 0 Å². The zero-order chi connectivity index (χ0) is 17.4. The molecule has 2 bridgehead atoms. The second-order valence-electron chi connectivity index (χ2n) is 6.78. The molecule has 4 atom stereocenters. The molecule has 0 N–H and O–H groups in total. The number of nitrogens with zero attached hydrogens (tertiary/aromatic N) is 2. The summed E-state index contributed by atoms with van der Waals surface area (Å²) in [4.78, 5) is 39.9. The first kappa shape index (κ1) is 15.1. The Labute approximate surface area is 138 Å². The van der Waals surface area contributed by atoms with E-state index < -0.39 is 35.0 Å². The molecule has 3 amide bonds. The predicted octanol–water partition coefficient (Wildman–Crippen LogP) is 1.78. The Balaban J connectivity index is 2.11. The highest BCUT2D eigenvalue weighted by Gasteiger charge is 2.72. The molecule has 0 radical (unpaired) electrons. The van der Waals surface area contributed by atoms with Crippen molar-refractivity contribution < 1.29 is 18.8 Å². The van der Waals surface area contributed by atoms with Crippen LogP contribution in [0.4, 0.5) is 9.18 Å². The van der Waals surface area contributed by atoms with Crippen LogP contribution >= 0.6 is 0 Å². The van der Waals surface area contributed by atoms with Crippen molar-refractivity contribution in [2.45, 2.75) is 30.0 Å². The fourth-order valence-corrected chi connectivity index (χ4v) is 4.72. The maximum atomic E-state index is 16.3. The van der Waals surface area contributed by atoms with Gasteiger partial charge in [0, 0.05) is 20.0 Å². The number of carbonyl (C=O) groups excluding carboxylic acids is 3. The quantitative estimate of drug-likeness (QED) is 0.739. The molecule has 1 fully saturated rings. The standard InChI is InChI=1S/C18H17FN2O3/c1-10(22)17-9-8-13(11-6-4-5-7-12(11)17)18(19)14(17)20(2)16(24)21(3)15(18)23/h4-9,13-14H,1-3H3/t13-,14?,17-,18+/m0/s1. The molecule has 1 aromatic carbocycles. The second-order valence-corrected chi connectivity index (χ2v) is 6.78. The van der Waals surface area contributed by atoms with Crippen LogP contribution < -0.4 is 0 Å². The van der Waals surface area contributed by atoms with Crippen LogP contribution in [0, 0.1) is 0 Å². The van der Waals surface area contributed by atoms with Crippen molar-refractivity contribution in [2.75, 3.05) is 14.1 Å². The van der Waals surface area contributed by atoms with Crippen LogP contribution in [0.1, 0.15) is 24.0 Å². The zero-order valence-corrected chi connectivity index (χ0v) is 13.6. The maximum Gasteiger partial charge on any atom is 0.326 e. The number of Topliss-reactive ketones (excluding diaryl/α,β-unsaturated/α-hetero) is 1. The van der Waals surface area contributed by atoms with Crippen LogP contribution in [0.5, 0.6) is 0 Å². The lowest BCUT2D eigenvalue weighted by molar-refractivity contribution is -0.158. The third-order valence-corrected chi connectivity index (χ3v) is 5.77. The van der Waals surface area contributed by atoms with E-state index in [0.29, 0.717) is 11.1 Å². The molecule has 6 heteroatoms. The van der Waals surface area contributed by atoms with E-state index in [-0.39, 0.29) is 5.78 Å². The molecule has 124 valence electrons. The number of imide groups is 1. The van der Waals surface area contributed by atoms with Crippen molar-refractivity contribution in [1.82, 2.24) is 9.80 Å². The van der Waals surface area contributed by atoms with E-state index in [4.69, 9.17) is 0 Å². The minimum atomic E-state index is -2.35. The Bertz CT molecular complexity index is 835. The number of likely N-dealkylation sites (N-methyl/N-ethyl adjacent to an activating group) is 1. The highest BCUT2D eigenvalue weighted by molar-refractivity contribution is 6.07. The number of urea groups is 1. The lowest BCUT2D eigenvalue weighted by atomic mass is 9.51. The minimum Gasteiger partial charge on any atom is -0.319 e. The van der Waals surface area contributed by atoms with Gasteiger partial charge >= 0.3 is 6.03 Å². The molecule has 4 aliphatic rings. The van der Waals surface area contributed by atoms with Crippen molar-refractivity contribution >= 4 is 17.7 Å². The minimum absolute atomic E-state index is 0.284. The van der Waals surface area contributed by atoms with Gasteiger partial charge in [0.1, 0.15) is 5.78 Å². The average molecular weight is 328 g/mol. The van der Waals surface area contributed by atoms with Crippen molar-refractivity contribution in [2.24, 2.45) is 0 Å². The Morgan fingerprint density at radius 3 is 2.54 bits per heavy atom. The SMILES string of the molecule is CC(=O)[C@@]12C=C[C@@H](c3ccccc31)[C@]1(F)C(=O)N(C)C(=O)N(C)C21. The molecular weight excluding hydrogens is 311 g/mol. The van der Waals surface area contributed by atoms with Gasteiger partial charge in [0.2, 0.25) is 5.67 Å². The van der Waals surface area contributed by atoms with Gasteiger partial charge in [-0.15, -0.1) is 0 Å². The molecule has 5 nitrogen and oxygen atoms in total. The van der Waals surface area contributed by atoms with Crippen LogP contribution in [-0.2, 0) is 15.0 Å². The molecule has 5 rings (SSSR count). The Morgan fingerprint density at radius 1 is 1.21 bits per heavy atom. The number of benzene rings is 1. The number of ketones is 1. The first-order chi connectivity index (χ1) is 11.3. The van der Waals surface area contributed by atoms with E-state index in [9.17, 15) is 14.4 Å². The van der Waals surface area contributed by atoms with Crippen LogP contribution in [0.15, 0.2) is 36.4 Å². The Hall–Kier alpha value is -2.50. The highest BCUT2D eigenvalue weighted by atomic mass is 19.1. The first-order valence-corrected chi connectivity index (χ1v) is 7.81. The summed E-state index contributed by atoms with van der Waals surface area (Å²) in [5.41, 5.74) is -2.38. The molecule has 0 spiro atoms. The number of carbonyl (C=O) groups is 3. The zero-order valence-electron chi connectivity index (χ0n) is 13.6. The van der Waals surface area contributed by atoms with Gasteiger partial charge in [0.25, 0.3) is 5.91 Å². The van der Waals surface area contributed by atoms with Crippen LogP contribution in [0.25, 0.3) is 0 Å². The number of rotatable bonds is 1. The number of hydrogen-bond donors (Lipinski definition) is 0. The summed E-state index contributed by atoms with van der Waals surface area (Å²) in [6, 6.07) is 5.32. The molecule has 0 saturated carbocycles. The van der Waals surface area contributed by atoms with Gasteiger partial charge in [-0.25, -0.2) is 9.18 Å². The van der Waals surface area contributed by atoms with Crippen molar-refractivity contribution in [3.05, 3.63) is 47.5 Å². The number of hydrogen-bond acceptors (Lipinski definition) is 3. The molecule has 3 aliphatic carbocycles. The second kappa shape index (κ2) is 4.32. The van der Waals surface area contributed by atoms with E-state index in [0.717, 1.165) is 4.90 Å². The van der Waals surface area contributed by atoms with Gasteiger partial charge in [-0.05, 0) is 18.1 Å². The number of amides is 3. The third-order valence-electron chi connectivity index (χ3n) is 5.77. The molecule has 1 aromatic rings. The molecular formula is C18H17FN2O3. The fraction of sp³-hybridized carbons (Fsp3) is 0.389. The van der Waals surface area contributed by atoms with E-state index in [2.05, 4.69) is 0 Å². The Morgan fingerprint density at radius 2 is 1.88 bits per heavy atom. The van der Waals surface area contributed by atoms with E-state index in [1.165, 1.54) is 25.9 Å². The lowest BCUT2D eigenvalue weighted by Crippen LogP contribution is -2.78. The molecule has 1 saturated heterocycles. The summed E-state index contributed by atoms with van der Waals surface area (Å²) < 4.78 is 16.3. The third kappa shape index (κ3) is 1.34. The van der Waals surface area contributed by atoms with E-state index >= 15 is 4.39 Å². The van der Waals surface area contributed by atoms with Crippen molar-refractivity contribution in [1.29, 1.82) is 0 Å². The monoisotopic (exact) mass is 328 g/mol. The summed E-state index contributed by atoms with van der Waals surface area (Å²) in [5.74, 6) is -1.98. The average Bonchev–Trinajstić information content (AvgIpc) is 2.58. The molecule has 0 aromatic heterocycles. The van der Waals surface area contributed by atoms with Crippen LogP contribution in [0.3, 0.4) is 0 Å². The lowest BCUT2D eigenvalue weighted by Gasteiger charge is -2.60. The molecule has 1 heterocycles. The van der Waals surface area contributed by atoms with Crippen LogP contribution in [0.2, 0.25) is 0 Å². The molecule has 1 unspecified atom stereocenters. The summed E-state index contributed by atoms with van der Waals surface area (Å²) in [7, 11) is 2.73. The Kier molecular flexibility index (Phi) is 2.71.